The SMILES string of the molecule is CCOc1ccc(-c2noc(CN3CCNC(=O)CC3)n2)cc1. The molecule has 0 radical (unpaired) electrons. The first kappa shape index (κ1) is 15.5. The Kier molecular flexibility index (Phi) is 4.87. The molecule has 1 fully saturated rings. The molecule has 1 aromatic carbocycles. The second-order valence-electron chi connectivity index (χ2n) is 5.35. The summed E-state index contributed by atoms with van der Waals surface area (Å²) in [4.78, 5) is 17.9. The van der Waals surface area contributed by atoms with Gasteiger partial charge in [0, 0.05) is 31.6 Å². The van der Waals surface area contributed by atoms with Gasteiger partial charge in [-0.15, -0.1) is 0 Å². The van der Waals surface area contributed by atoms with E-state index in [4.69, 9.17) is 9.26 Å². The Morgan fingerprint density at radius 2 is 2.13 bits per heavy atom. The quantitative estimate of drug-likeness (QED) is 0.899. The molecular weight excluding hydrogens is 296 g/mol. The number of benzene rings is 1. The topological polar surface area (TPSA) is 80.5 Å². The summed E-state index contributed by atoms with van der Waals surface area (Å²) in [7, 11) is 0. The number of carbonyl (C=O) groups excluding carboxylic acids is 1. The van der Waals surface area contributed by atoms with E-state index < -0.39 is 0 Å². The molecule has 0 spiro atoms. The van der Waals surface area contributed by atoms with Crippen molar-refractivity contribution in [2.45, 2.75) is 19.9 Å². The molecule has 0 saturated carbocycles. The zero-order chi connectivity index (χ0) is 16.1. The van der Waals surface area contributed by atoms with E-state index in [0.717, 1.165) is 17.9 Å². The lowest BCUT2D eigenvalue weighted by Crippen LogP contribution is -2.28. The molecule has 23 heavy (non-hydrogen) atoms. The lowest BCUT2D eigenvalue weighted by atomic mass is 10.2. The van der Waals surface area contributed by atoms with E-state index in [2.05, 4.69) is 20.4 Å². The summed E-state index contributed by atoms with van der Waals surface area (Å²) in [6.07, 6.45) is 0.500. The van der Waals surface area contributed by atoms with E-state index in [0.29, 0.717) is 44.4 Å². The molecule has 7 heteroatoms. The van der Waals surface area contributed by atoms with Crippen molar-refractivity contribution in [1.29, 1.82) is 0 Å². The second kappa shape index (κ2) is 7.23. The summed E-state index contributed by atoms with van der Waals surface area (Å²) < 4.78 is 10.7. The molecule has 2 aromatic rings. The summed E-state index contributed by atoms with van der Waals surface area (Å²) in [5.41, 5.74) is 0.885. The maximum atomic E-state index is 11.3. The van der Waals surface area contributed by atoms with Crippen molar-refractivity contribution in [1.82, 2.24) is 20.4 Å². The molecule has 0 bridgehead atoms. The molecule has 7 nitrogen and oxygen atoms in total. The fourth-order valence-corrected chi connectivity index (χ4v) is 2.47. The molecule has 3 rings (SSSR count). The molecule has 1 aromatic heterocycles. The Morgan fingerprint density at radius 1 is 1.30 bits per heavy atom. The fourth-order valence-electron chi connectivity index (χ4n) is 2.47. The Labute approximate surface area is 134 Å². The van der Waals surface area contributed by atoms with Gasteiger partial charge in [0.05, 0.1) is 13.2 Å². The number of hydrogen-bond acceptors (Lipinski definition) is 6. The number of hydrogen-bond donors (Lipinski definition) is 1. The number of amides is 1. The molecule has 1 aliphatic rings. The molecule has 1 N–H and O–H groups in total. The first-order chi connectivity index (χ1) is 11.2. The molecule has 1 aliphatic heterocycles. The minimum Gasteiger partial charge on any atom is -0.494 e. The molecule has 1 amide bonds. The summed E-state index contributed by atoms with van der Waals surface area (Å²) in [5, 5.41) is 6.88. The minimum absolute atomic E-state index is 0.0908. The summed E-state index contributed by atoms with van der Waals surface area (Å²) in [6.45, 7) is 5.28. The third-order valence-electron chi connectivity index (χ3n) is 3.66. The normalized spacial score (nSPS) is 16.0. The van der Waals surface area contributed by atoms with E-state index in [9.17, 15) is 4.79 Å². The van der Waals surface area contributed by atoms with Gasteiger partial charge in [0.1, 0.15) is 5.75 Å². The van der Waals surface area contributed by atoms with Crippen molar-refractivity contribution in [3.05, 3.63) is 30.2 Å². The van der Waals surface area contributed by atoms with Crippen LogP contribution in [-0.2, 0) is 11.3 Å². The van der Waals surface area contributed by atoms with Crippen molar-refractivity contribution >= 4 is 5.91 Å². The Morgan fingerprint density at radius 3 is 2.91 bits per heavy atom. The van der Waals surface area contributed by atoms with E-state index in [1.165, 1.54) is 0 Å². The third kappa shape index (κ3) is 4.07. The van der Waals surface area contributed by atoms with Gasteiger partial charge in [-0.05, 0) is 31.2 Å². The van der Waals surface area contributed by atoms with Crippen LogP contribution in [0.5, 0.6) is 5.75 Å². The van der Waals surface area contributed by atoms with Crippen molar-refractivity contribution < 1.29 is 14.1 Å². The lowest BCUT2D eigenvalue weighted by molar-refractivity contribution is -0.120. The highest BCUT2D eigenvalue weighted by Crippen LogP contribution is 2.20. The monoisotopic (exact) mass is 316 g/mol. The zero-order valence-corrected chi connectivity index (χ0v) is 13.1. The first-order valence-electron chi connectivity index (χ1n) is 7.79. The van der Waals surface area contributed by atoms with Crippen LogP contribution < -0.4 is 10.1 Å². The van der Waals surface area contributed by atoms with Crippen molar-refractivity contribution in [2.24, 2.45) is 0 Å². The van der Waals surface area contributed by atoms with Crippen LogP contribution in [0.25, 0.3) is 11.4 Å². The van der Waals surface area contributed by atoms with Crippen LogP contribution in [0.4, 0.5) is 0 Å². The van der Waals surface area contributed by atoms with E-state index in [1.54, 1.807) is 0 Å². The average molecular weight is 316 g/mol. The summed E-state index contributed by atoms with van der Waals surface area (Å²) in [5.74, 6) is 2.03. The Hall–Kier alpha value is -2.41. The van der Waals surface area contributed by atoms with Crippen LogP contribution in [0.3, 0.4) is 0 Å². The van der Waals surface area contributed by atoms with Crippen LogP contribution in [0.2, 0.25) is 0 Å². The first-order valence-corrected chi connectivity index (χ1v) is 7.79. The third-order valence-corrected chi connectivity index (χ3v) is 3.66. The van der Waals surface area contributed by atoms with Crippen LogP contribution in [0.15, 0.2) is 28.8 Å². The van der Waals surface area contributed by atoms with Gasteiger partial charge < -0.3 is 14.6 Å². The number of carbonyl (C=O) groups is 1. The molecule has 0 aliphatic carbocycles. The zero-order valence-electron chi connectivity index (χ0n) is 13.1. The predicted octanol–water partition coefficient (Wildman–Crippen LogP) is 1.46. The van der Waals surface area contributed by atoms with E-state index in [-0.39, 0.29) is 5.91 Å². The van der Waals surface area contributed by atoms with E-state index in [1.807, 2.05) is 31.2 Å². The highest BCUT2D eigenvalue weighted by Gasteiger charge is 2.17. The summed E-state index contributed by atoms with van der Waals surface area (Å²) in [6, 6.07) is 7.60. The fraction of sp³-hybridized carbons (Fsp3) is 0.438. The van der Waals surface area contributed by atoms with Gasteiger partial charge in [-0.1, -0.05) is 5.16 Å². The smallest absolute Gasteiger partial charge is 0.241 e. The molecular formula is C16H20N4O3. The number of nitrogens with zero attached hydrogens (tertiary/aromatic N) is 3. The van der Waals surface area contributed by atoms with E-state index >= 15 is 0 Å². The number of ether oxygens (including phenoxy) is 1. The van der Waals surface area contributed by atoms with Gasteiger partial charge in [0.15, 0.2) is 0 Å². The molecule has 122 valence electrons. The Bertz CT molecular complexity index is 654. The van der Waals surface area contributed by atoms with Gasteiger partial charge in [-0.2, -0.15) is 4.98 Å². The number of aromatic nitrogens is 2. The van der Waals surface area contributed by atoms with Gasteiger partial charge in [0.2, 0.25) is 17.6 Å². The van der Waals surface area contributed by atoms with Gasteiger partial charge in [-0.3, -0.25) is 9.69 Å². The molecule has 2 heterocycles. The predicted molar refractivity (Wildman–Crippen MR) is 83.8 cm³/mol. The van der Waals surface area contributed by atoms with Crippen LogP contribution >= 0.6 is 0 Å². The second-order valence-corrected chi connectivity index (χ2v) is 5.35. The Balaban J connectivity index is 1.64. The largest absolute Gasteiger partial charge is 0.494 e. The summed E-state index contributed by atoms with van der Waals surface area (Å²) >= 11 is 0. The van der Waals surface area contributed by atoms with Gasteiger partial charge in [0.25, 0.3) is 0 Å². The van der Waals surface area contributed by atoms with Gasteiger partial charge in [-0.25, -0.2) is 0 Å². The van der Waals surface area contributed by atoms with Crippen molar-refractivity contribution in [3.8, 4) is 17.1 Å². The molecule has 0 unspecified atom stereocenters. The maximum Gasteiger partial charge on any atom is 0.241 e. The number of nitrogens with one attached hydrogen (secondary N) is 1. The minimum atomic E-state index is 0.0908. The van der Waals surface area contributed by atoms with Crippen LogP contribution in [-0.4, -0.2) is 47.2 Å². The van der Waals surface area contributed by atoms with Crippen LogP contribution in [0, 0.1) is 0 Å². The highest BCUT2D eigenvalue weighted by molar-refractivity contribution is 5.76. The highest BCUT2D eigenvalue weighted by atomic mass is 16.5. The van der Waals surface area contributed by atoms with Gasteiger partial charge >= 0.3 is 0 Å². The molecule has 1 saturated heterocycles. The maximum absolute atomic E-state index is 11.3. The van der Waals surface area contributed by atoms with Crippen molar-refractivity contribution in [2.75, 3.05) is 26.2 Å². The lowest BCUT2D eigenvalue weighted by Gasteiger charge is -2.15. The van der Waals surface area contributed by atoms with Crippen LogP contribution in [0.1, 0.15) is 19.2 Å². The average Bonchev–Trinajstić information content (AvgIpc) is 2.92. The number of rotatable bonds is 5. The molecule has 0 atom stereocenters. The van der Waals surface area contributed by atoms with Crippen molar-refractivity contribution in [3.63, 3.8) is 0 Å². The standard InChI is InChI=1S/C16H20N4O3/c1-2-22-13-5-3-12(4-6-13)16-18-15(23-19-16)11-20-9-7-14(21)17-8-10-20/h3-6H,2,7-11H2,1H3,(H,17,21).